The number of carbonyl (C=O) groups excluding carboxylic acids is 1. The average Bonchev–Trinajstić information content (AvgIpc) is 2.35. The number of rotatable bonds is 5. The van der Waals surface area contributed by atoms with E-state index in [1.165, 1.54) is 6.08 Å². The summed E-state index contributed by atoms with van der Waals surface area (Å²) in [5.74, 6) is -0.383. The Hall–Kier alpha value is -1.99. The zero-order valence-electron chi connectivity index (χ0n) is 9.94. The first kappa shape index (κ1) is 14.1. The van der Waals surface area contributed by atoms with Crippen LogP contribution in [-0.2, 0) is 9.53 Å². The number of benzene rings is 1. The first-order chi connectivity index (χ1) is 8.67. The Morgan fingerprint density at radius 2 is 2.39 bits per heavy atom. The SMILES string of the molecule is CCOC(=O)/C=C/CNc1cc(Cl)ccc1C#N. The first-order valence-corrected chi connectivity index (χ1v) is 5.82. The summed E-state index contributed by atoms with van der Waals surface area (Å²) in [5, 5.41) is 12.4. The van der Waals surface area contributed by atoms with Crippen molar-refractivity contribution in [1.82, 2.24) is 0 Å². The molecule has 1 N–H and O–H groups in total. The van der Waals surface area contributed by atoms with Gasteiger partial charge in [-0.15, -0.1) is 0 Å². The summed E-state index contributed by atoms with van der Waals surface area (Å²) in [6, 6.07) is 7.01. The van der Waals surface area contributed by atoms with Gasteiger partial charge in [0.2, 0.25) is 0 Å². The zero-order valence-corrected chi connectivity index (χ0v) is 10.7. The molecule has 0 radical (unpaired) electrons. The molecular formula is C13H13ClN2O2. The van der Waals surface area contributed by atoms with Gasteiger partial charge in [0.25, 0.3) is 0 Å². The fraction of sp³-hybridized carbons (Fsp3) is 0.231. The number of carbonyl (C=O) groups is 1. The number of nitrogens with zero attached hydrogens (tertiary/aromatic N) is 1. The van der Waals surface area contributed by atoms with E-state index in [2.05, 4.69) is 11.4 Å². The van der Waals surface area contributed by atoms with Gasteiger partial charge in [0.15, 0.2) is 0 Å². The average molecular weight is 265 g/mol. The normalized spacial score (nSPS) is 10.1. The summed E-state index contributed by atoms with van der Waals surface area (Å²) in [4.78, 5) is 11.0. The van der Waals surface area contributed by atoms with E-state index >= 15 is 0 Å². The zero-order chi connectivity index (χ0) is 13.4. The summed E-state index contributed by atoms with van der Waals surface area (Å²) < 4.78 is 4.73. The number of halogens is 1. The smallest absolute Gasteiger partial charge is 0.330 e. The van der Waals surface area contributed by atoms with Crippen molar-refractivity contribution in [1.29, 1.82) is 5.26 Å². The molecule has 0 amide bonds. The largest absolute Gasteiger partial charge is 0.463 e. The molecule has 0 saturated heterocycles. The van der Waals surface area contributed by atoms with Crippen LogP contribution in [0.2, 0.25) is 5.02 Å². The molecule has 0 unspecified atom stereocenters. The lowest BCUT2D eigenvalue weighted by atomic mass is 10.2. The van der Waals surface area contributed by atoms with Crippen LogP contribution in [0.3, 0.4) is 0 Å². The molecule has 0 aliphatic carbocycles. The van der Waals surface area contributed by atoms with Gasteiger partial charge in [-0.2, -0.15) is 5.26 Å². The van der Waals surface area contributed by atoms with Crippen molar-refractivity contribution in [3.63, 3.8) is 0 Å². The van der Waals surface area contributed by atoms with E-state index in [9.17, 15) is 4.79 Å². The summed E-state index contributed by atoms with van der Waals surface area (Å²) in [6.07, 6.45) is 2.97. The second kappa shape index (κ2) is 7.36. The molecule has 0 fully saturated rings. The number of hydrogen-bond acceptors (Lipinski definition) is 4. The molecular weight excluding hydrogens is 252 g/mol. The van der Waals surface area contributed by atoms with E-state index in [0.29, 0.717) is 29.4 Å². The molecule has 94 valence electrons. The van der Waals surface area contributed by atoms with Crippen LogP contribution < -0.4 is 5.32 Å². The molecule has 0 atom stereocenters. The van der Waals surface area contributed by atoms with E-state index in [4.69, 9.17) is 21.6 Å². The van der Waals surface area contributed by atoms with Crippen LogP contribution in [0.15, 0.2) is 30.4 Å². The Morgan fingerprint density at radius 1 is 1.61 bits per heavy atom. The molecule has 0 aliphatic rings. The molecule has 18 heavy (non-hydrogen) atoms. The quantitative estimate of drug-likeness (QED) is 0.656. The Morgan fingerprint density at radius 3 is 3.06 bits per heavy atom. The predicted octanol–water partition coefficient (Wildman–Crippen LogP) is 2.74. The van der Waals surface area contributed by atoms with Crippen molar-refractivity contribution in [2.45, 2.75) is 6.92 Å². The van der Waals surface area contributed by atoms with Gasteiger partial charge >= 0.3 is 5.97 Å². The molecule has 0 spiro atoms. The van der Waals surface area contributed by atoms with E-state index in [1.807, 2.05) is 0 Å². The van der Waals surface area contributed by atoms with Crippen LogP contribution in [0.1, 0.15) is 12.5 Å². The number of hydrogen-bond donors (Lipinski definition) is 1. The highest BCUT2D eigenvalue weighted by Crippen LogP contribution is 2.19. The van der Waals surface area contributed by atoms with E-state index < -0.39 is 0 Å². The summed E-state index contributed by atoms with van der Waals surface area (Å²) in [5.41, 5.74) is 1.14. The molecule has 0 heterocycles. The van der Waals surface area contributed by atoms with Gasteiger partial charge in [0, 0.05) is 17.6 Å². The molecule has 1 rings (SSSR count). The first-order valence-electron chi connectivity index (χ1n) is 5.44. The van der Waals surface area contributed by atoms with Gasteiger partial charge in [-0.05, 0) is 25.1 Å². The lowest BCUT2D eigenvalue weighted by Crippen LogP contribution is -2.03. The molecule has 0 aliphatic heterocycles. The minimum Gasteiger partial charge on any atom is -0.463 e. The molecule has 1 aromatic rings. The highest BCUT2D eigenvalue weighted by atomic mass is 35.5. The minimum atomic E-state index is -0.383. The lowest BCUT2D eigenvalue weighted by molar-refractivity contribution is -0.137. The van der Waals surface area contributed by atoms with Crippen molar-refractivity contribution in [2.75, 3.05) is 18.5 Å². The predicted molar refractivity (Wildman–Crippen MR) is 70.4 cm³/mol. The Balaban J connectivity index is 2.56. The van der Waals surface area contributed by atoms with Gasteiger partial charge in [-0.1, -0.05) is 17.7 Å². The lowest BCUT2D eigenvalue weighted by Gasteiger charge is -2.05. The van der Waals surface area contributed by atoms with Crippen molar-refractivity contribution < 1.29 is 9.53 Å². The maximum absolute atomic E-state index is 11.0. The minimum absolute atomic E-state index is 0.351. The monoisotopic (exact) mass is 264 g/mol. The molecule has 0 bridgehead atoms. The van der Waals surface area contributed by atoms with Gasteiger partial charge in [-0.25, -0.2) is 4.79 Å². The Labute approximate surface area is 111 Å². The van der Waals surface area contributed by atoms with Gasteiger partial charge < -0.3 is 10.1 Å². The van der Waals surface area contributed by atoms with Crippen molar-refractivity contribution in [2.24, 2.45) is 0 Å². The fourth-order valence-corrected chi connectivity index (χ4v) is 1.45. The Bertz CT molecular complexity index is 492. The van der Waals surface area contributed by atoms with Crippen LogP contribution in [0.4, 0.5) is 5.69 Å². The standard InChI is InChI=1S/C13H13ClN2O2/c1-2-18-13(17)4-3-7-16-12-8-11(14)6-5-10(12)9-15/h3-6,8,16H,2,7H2,1H3/b4-3+. The van der Waals surface area contributed by atoms with Gasteiger partial charge in [0.1, 0.15) is 6.07 Å². The summed E-state index contributed by atoms with van der Waals surface area (Å²) in [7, 11) is 0. The van der Waals surface area contributed by atoms with E-state index in [0.717, 1.165) is 0 Å². The van der Waals surface area contributed by atoms with Crippen molar-refractivity contribution >= 4 is 23.3 Å². The summed E-state index contributed by atoms with van der Waals surface area (Å²) in [6.45, 7) is 2.51. The molecule has 4 nitrogen and oxygen atoms in total. The second-order valence-corrected chi connectivity index (χ2v) is 3.77. The third-order valence-corrected chi connectivity index (χ3v) is 2.29. The highest BCUT2D eigenvalue weighted by Gasteiger charge is 2.01. The van der Waals surface area contributed by atoms with Crippen LogP contribution in [0, 0.1) is 11.3 Å². The van der Waals surface area contributed by atoms with E-state index in [1.54, 1.807) is 31.2 Å². The maximum atomic E-state index is 11.0. The third kappa shape index (κ3) is 4.48. The van der Waals surface area contributed by atoms with Crippen molar-refractivity contribution in [3.05, 3.63) is 40.9 Å². The second-order valence-electron chi connectivity index (χ2n) is 3.34. The molecule has 5 heteroatoms. The third-order valence-electron chi connectivity index (χ3n) is 2.05. The number of anilines is 1. The topological polar surface area (TPSA) is 62.1 Å². The van der Waals surface area contributed by atoms with Gasteiger partial charge in [0.05, 0.1) is 17.9 Å². The van der Waals surface area contributed by atoms with Crippen molar-refractivity contribution in [3.8, 4) is 6.07 Å². The van der Waals surface area contributed by atoms with E-state index in [-0.39, 0.29) is 5.97 Å². The van der Waals surface area contributed by atoms with Gasteiger partial charge in [-0.3, -0.25) is 0 Å². The molecule has 0 aromatic heterocycles. The van der Waals surface area contributed by atoms with Crippen LogP contribution >= 0.6 is 11.6 Å². The number of nitrogens with one attached hydrogen (secondary N) is 1. The van der Waals surface area contributed by atoms with Crippen LogP contribution in [0.25, 0.3) is 0 Å². The Kier molecular flexibility index (Phi) is 5.75. The number of ether oxygens (including phenoxy) is 1. The van der Waals surface area contributed by atoms with Crippen LogP contribution in [0.5, 0.6) is 0 Å². The maximum Gasteiger partial charge on any atom is 0.330 e. The number of esters is 1. The summed E-state index contributed by atoms with van der Waals surface area (Å²) >= 11 is 5.84. The molecule has 0 saturated carbocycles. The highest BCUT2D eigenvalue weighted by molar-refractivity contribution is 6.30. The number of nitriles is 1. The fourth-order valence-electron chi connectivity index (χ4n) is 1.27. The molecule has 1 aromatic carbocycles. The van der Waals surface area contributed by atoms with Crippen LogP contribution in [-0.4, -0.2) is 19.1 Å².